The summed E-state index contributed by atoms with van der Waals surface area (Å²) in [5, 5.41) is 11.4. The molecular formula is C15H22N2O3. The molecule has 0 saturated heterocycles. The lowest BCUT2D eigenvalue weighted by Gasteiger charge is -2.24. The molecule has 0 saturated carbocycles. The maximum absolute atomic E-state index is 11.9. The Labute approximate surface area is 119 Å². The van der Waals surface area contributed by atoms with E-state index in [-0.39, 0.29) is 18.5 Å². The Hall–Kier alpha value is -2.04. The van der Waals surface area contributed by atoms with Gasteiger partial charge in [-0.3, -0.25) is 4.79 Å². The van der Waals surface area contributed by atoms with Gasteiger partial charge in [-0.05, 0) is 37.5 Å². The minimum Gasteiger partial charge on any atom is -0.481 e. The average Bonchev–Trinajstić information content (AvgIpc) is 2.44. The van der Waals surface area contributed by atoms with E-state index in [1.54, 1.807) is 24.1 Å². The summed E-state index contributed by atoms with van der Waals surface area (Å²) in [4.78, 5) is 24.1. The monoisotopic (exact) mass is 278 g/mol. The lowest BCUT2D eigenvalue weighted by molar-refractivity contribution is -0.136. The van der Waals surface area contributed by atoms with Crippen molar-refractivity contribution < 1.29 is 14.7 Å². The largest absolute Gasteiger partial charge is 0.481 e. The summed E-state index contributed by atoms with van der Waals surface area (Å²) in [6.07, 6.45) is 1.51. The number of anilines is 1. The first-order valence-electron chi connectivity index (χ1n) is 6.78. The molecule has 2 N–H and O–H groups in total. The van der Waals surface area contributed by atoms with E-state index in [1.165, 1.54) is 0 Å². The molecule has 1 atom stereocenters. The number of nitrogens with one attached hydrogen (secondary N) is 1. The zero-order chi connectivity index (χ0) is 15.1. The maximum Gasteiger partial charge on any atom is 0.321 e. The van der Waals surface area contributed by atoms with Crippen LogP contribution in [0, 0.1) is 0 Å². The lowest BCUT2D eigenvalue weighted by atomic mass is 10.1. The molecule has 0 spiro atoms. The molecule has 1 unspecified atom stereocenters. The summed E-state index contributed by atoms with van der Waals surface area (Å²) in [5.74, 6) is -0.808. The van der Waals surface area contributed by atoms with Crippen molar-refractivity contribution in [3.05, 3.63) is 29.8 Å². The van der Waals surface area contributed by atoms with Crippen LogP contribution in [0.2, 0.25) is 0 Å². The van der Waals surface area contributed by atoms with Gasteiger partial charge < -0.3 is 15.3 Å². The third kappa shape index (κ3) is 4.91. The van der Waals surface area contributed by atoms with Gasteiger partial charge in [0.25, 0.3) is 0 Å². The number of hydrogen-bond acceptors (Lipinski definition) is 2. The fourth-order valence-corrected chi connectivity index (χ4v) is 1.69. The molecule has 5 heteroatoms. The Kier molecular flexibility index (Phi) is 6.03. The number of nitrogens with zero attached hydrogens (tertiary/aromatic N) is 1. The van der Waals surface area contributed by atoms with Crippen molar-refractivity contribution in [2.75, 3.05) is 12.4 Å². The van der Waals surface area contributed by atoms with E-state index in [9.17, 15) is 9.59 Å². The fourth-order valence-electron chi connectivity index (χ4n) is 1.69. The van der Waals surface area contributed by atoms with Crippen LogP contribution in [0.5, 0.6) is 0 Å². The number of rotatable bonds is 6. The van der Waals surface area contributed by atoms with E-state index in [2.05, 4.69) is 5.32 Å². The van der Waals surface area contributed by atoms with E-state index < -0.39 is 5.97 Å². The number of carbonyl (C=O) groups excluding carboxylic acids is 1. The van der Waals surface area contributed by atoms with Gasteiger partial charge in [-0.1, -0.05) is 19.1 Å². The van der Waals surface area contributed by atoms with Crippen molar-refractivity contribution >= 4 is 17.7 Å². The summed E-state index contributed by atoms with van der Waals surface area (Å²) in [6, 6.07) is 7.30. The second-order valence-electron chi connectivity index (χ2n) is 4.89. The Balaban J connectivity index is 2.56. The Morgan fingerprint density at radius 1 is 1.30 bits per heavy atom. The molecule has 0 aliphatic heterocycles. The first-order valence-corrected chi connectivity index (χ1v) is 6.78. The topological polar surface area (TPSA) is 69.6 Å². The molecule has 20 heavy (non-hydrogen) atoms. The molecule has 1 aromatic rings. The van der Waals surface area contributed by atoms with E-state index in [0.29, 0.717) is 12.1 Å². The molecule has 0 bridgehead atoms. The molecule has 5 nitrogen and oxygen atoms in total. The van der Waals surface area contributed by atoms with Crippen molar-refractivity contribution in [1.82, 2.24) is 4.90 Å². The molecule has 0 aromatic heterocycles. The quantitative estimate of drug-likeness (QED) is 0.840. The summed E-state index contributed by atoms with van der Waals surface area (Å²) in [5.41, 5.74) is 1.66. The van der Waals surface area contributed by atoms with Crippen molar-refractivity contribution in [3.63, 3.8) is 0 Å². The number of benzene rings is 1. The van der Waals surface area contributed by atoms with E-state index in [1.807, 2.05) is 26.0 Å². The number of aliphatic carboxylic acids is 1. The molecule has 1 aromatic carbocycles. The summed E-state index contributed by atoms with van der Waals surface area (Å²) < 4.78 is 0. The van der Waals surface area contributed by atoms with Crippen molar-refractivity contribution in [1.29, 1.82) is 0 Å². The molecule has 1 rings (SSSR count). The van der Waals surface area contributed by atoms with E-state index in [4.69, 9.17) is 5.11 Å². The smallest absolute Gasteiger partial charge is 0.321 e. The van der Waals surface area contributed by atoms with E-state index in [0.717, 1.165) is 12.0 Å². The highest BCUT2D eigenvalue weighted by atomic mass is 16.4. The molecule has 2 amide bonds. The number of carboxylic acid groups (broad SMARTS) is 1. The number of urea groups is 1. The van der Waals surface area contributed by atoms with Gasteiger partial charge in [-0.25, -0.2) is 4.79 Å². The predicted molar refractivity (Wildman–Crippen MR) is 78.9 cm³/mol. The molecule has 0 aliphatic rings. The maximum atomic E-state index is 11.9. The SMILES string of the molecule is CCC(C)N(C)C(=O)Nc1ccc(CCC(=O)O)cc1. The Morgan fingerprint density at radius 3 is 2.40 bits per heavy atom. The van der Waals surface area contributed by atoms with Gasteiger partial charge in [-0.2, -0.15) is 0 Å². The highest BCUT2D eigenvalue weighted by Crippen LogP contribution is 2.12. The van der Waals surface area contributed by atoms with Gasteiger partial charge in [0, 0.05) is 25.2 Å². The first kappa shape index (κ1) is 16.0. The third-order valence-corrected chi connectivity index (χ3v) is 3.41. The highest BCUT2D eigenvalue weighted by Gasteiger charge is 2.13. The predicted octanol–water partition coefficient (Wildman–Crippen LogP) is 2.97. The molecular weight excluding hydrogens is 256 g/mol. The Morgan fingerprint density at radius 2 is 1.90 bits per heavy atom. The van der Waals surface area contributed by atoms with Gasteiger partial charge >= 0.3 is 12.0 Å². The van der Waals surface area contributed by atoms with Crippen LogP contribution in [0.4, 0.5) is 10.5 Å². The van der Waals surface area contributed by atoms with Gasteiger partial charge in [0.15, 0.2) is 0 Å². The van der Waals surface area contributed by atoms with Crippen LogP contribution in [-0.2, 0) is 11.2 Å². The molecule has 0 fully saturated rings. The second-order valence-corrected chi connectivity index (χ2v) is 4.89. The number of hydrogen-bond donors (Lipinski definition) is 2. The number of carbonyl (C=O) groups is 2. The van der Waals surface area contributed by atoms with Crippen molar-refractivity contribution in [2.45, 2.75) is 39.2 Å². The van der Waals surface area contributed by atoms with Crippen LogP contribution in [0.3, 0.4) is 0 Å². The highest BCUT2D eigenvalue weighted by molar-refractivity contribution is 5.89. The minimum absolute atomic E-state index is 0.114. The molecule has 110 valence electrons. The van der Waals surface area contributed by atoms with Gasteiger partial charge in [0.05, 0.1) is 0 Å². The van der Waals surface area contributed by atoms with Crippen LogP contribution >= 0.6 is 0 Å². The third-order valence-electron chi connectivity index (χ3n) is 3.41. The first-order chi connectivity index (χ1) is 9.43. The standard InChI is InChI=1S/C15H22N2O3/c1-4-11(2)17(3)15(20)16-13-8-5-12(6-9-13)7-10-14(18)19/h5-6,8-9,11H,4,7,10H2,1-3H3,(H,16,20)(H,18,19). The number of aryl methyl sites for hydroxylation is 1. The van der Waals surface area contributed by atoms with E-state index >= 15 is 0 Å². The van der Waals surface area contributed by atoms with Crippen LogP contribution in [0.15, 0.2) is 24.3 Å². The number of carboxylic acids is 1. The fraction of sp³-hybridized carbons (Fsp3) is 0.467. The van der Waals surface area contributed by atoms with Gasteiger partial charge in [0.2, 0.25) is 0 Å². The summed E-state index contributed by atoms with van der Waals surface area (Å²) in [7, 11) is 1.77. The zero-order valence-corrected chi connectivity index (χ0v) is 12.2. The van der Waals surface area contributed by atoms with Crippen LogP contribution in [0.25, 0.3) is 0 Å². The van der Waals surface area contributed by atoms with Crippen LogP contribution in [-0.4, -0.2) is 35.1 Å². The summed E-state index contributed by atoms with van der Waals surface area (Å²) in [6.45, 7) is 4.03. The Bertz CT molecular complexity index is 457. The zero-order valence-electron chi connectivity index (χ0n) is 12.2. The van der Waals surface area contributed by atoms with Gasteiger partial charge in [0.1, 0.15) is 0 Å². The van der Waals surface area contributed by atoms with Gasteiger partial charge in [-0.15, -0.1) is 0 Å². The number of amides is 2. The normalized spacial score (nSPS) is 11.8. The second kappa shape index (κ2) is 7.53. The molecule has 0 aliphatic carbocycles. The molecule has 0 heterocycles. The van der Waals surface area contributed by atoms with Crippen LogP contribution < -0.4 is 5.32 Å². The van der Waals surface area contributed by atoms with Crippen LogP contribution in [0.1, 0.15) is 32.3 Å². The minimum atomic E-state index is -0.808. The van der Waals surface area contributed by atoms with Crippen molar-refractivity contribution in [3.8, 4) is 0 Å². The average molecular weight is 278 g/mol. The molecule has 0 radical (unpaired) electrons. The van der Waals surface area contributed by atoms with Crippen molar-refractivity contribution in [2.24, 2.45) is 0 Å². The summed E-state index contributed by atoms with van der Waals surface area (Å²) >= 11 is 0. The lowest BCUT2D eigenvalue weighted by Crippen LogP contribution is -2.37.